The van der Waals surface area contributed by atoms with E-state index in [1.165, 1.54) is 27.8 Å². The van der Waals surface area contributed by atoms with Crippen LogP contribution in [-0.2, 0) is 5.41 Å². The normalized spacial score (nSPS) is 26.7. The van der Waals surface area contributed by atoms with Crippen molar-refractivity contribution in [2.75, 3.05) is 0 Å². The summed E-state index contributed by atoms with van der Waals surface area (Å²) in [5, 5.41) is 0. The van der Waals surface area contributed by atoms with Gasteiger partial charge in [-0.15, -0.1) is 0 Å². The molecule has 144 valence electrons. The zero-order valence-corrected chi connectivity index (χ0v) is 16.9. The van der Waals surface area contributed by atoms with Crippen LogP contribution in [0.5, 0.6) is 0 Å². The maximum absolute atomic E-state index is 2.56. The molecule has 0 aromatic heterocycles. The molecule has 2 aliphatic rings. The lowest BCUT2D eigenvalue weighted by molar-refractivity contribution is 0.687. The summed E-state index contributed by atoms with van der Waals surface area (Å²) in [5.74, 6) is 1.46. The monoisotopic (exact) mass is 384 g/mol. The molecule has 0 amide bonds. The number of fused-ring (bicyclic) bond motifs is 1. The molecule has 4 atom stereocenters. The van der Waals surface area contributed by atoms with Crippen molar-refractivity contribution in [3.05, 3.63) is 150 Å². The van der Waals surface area contributed by atoms with Gasteiger partial charge in [0.2, 0.25) is 0 Å². The van der Waals surface area contributed by atoms with E-state index in [1.54, 1.807) is 0 Å². The van der Waals surface area contributed by atoms with E-state index in [1.807, 2.05) is 0 Å². The molecular weight excluding hydrogens is 360 g/mol. The molecular formula is C30H24. The molecule has 0 bridgehead atoms. The Hall–Kier alpha value is -3.38. The average molecular weight is 385 g/mol. The molecule has 0 unspecified atom stereocenters. The van der Waals surface area contributed by atoms with Gasteiger partial charge in [-0.1, -0.05) is 127 Å². The van der Waals surface area contributed by atoms with Gasteiger partial charge in [-0.05, 0) is 33.7 Å². The molecule has 0 heteroatoms. The summed E-state index contributed by atoms with van der Waals surface area (Å²) in [6, 6.07) is 44.4. The lowest BCUT2D eigenvalue weighted by Gasteiger charge is -2.22. The maximum Gasteiger partial charge on any atom is 0.0321 e. The first-order valence-corrected chi connectivity index (χ1v) is 10.8. The fourth-order valence-electron chi connectivity index (χ4n) is 5.98. The highest BCUT2D eigenvalue weighted by Crippen LogP contribution is 2.79. The first-order valence-electron chi connectivity index (χ1n) is 10.8. The highest BCUT2D eigenvalue weighted by atomic mass is 14.7. The highest BCUT2D eigenvalue weighted by Gasteiger charge is 2.72. The van der Waals surface area contributed by atoms with Crippen molar-refractivity contribution >= 4 is 5.57 Å². The number of hydrogen-bond acceptors (Lipinski definition) is 0. The van der Waals surface area contributed by atoms with E-state index in [-0.39, 0.29) is 5.41 Å². The Morgan fingerprint density at radius 1 is 0.500 bits per heavy atom. The van der Waals surface area contributed by atoms with Crippen molar-refractivity contribution in [1.29, 1.82) is 0 Å². The molecule has 0 radical (unpaired) electrons. The first-order chi connectivity index (χ1) is 14.9. The molecule has 1 saturated carbocycles. The Morgan fingerprint density at radius 2 is 1.00 bits per heavy atom. The van der Waals surface area contributed by atoms with Gasteiger partial charge in [0, 0.05) is 17.3 Å². The van der Waals surface area contributed by atoms with Crippen molar-refractivity contribution in [2.45, 2.75) is 17.3 Å². The standard InChI is InChI=1S/C30H24/c1-5-13-22(14-6-1)26-21-27(23-15-7-2-8-16-23)30(25-19-11-4-12-20-25)28(29(26)30)24-17-9-3-10-18-24/h1-21,26,28-29H/t26-,28-,29-,30+/m0/s1. The molecule has 0 aliphatic heterocycles. The summed E-state index contributed by atoms with van der Waals surface area (Å²) in [6.07, 6.45) is 2.56. The minimum Gasteiger partial charge on any atom is -0.0719 e. The lowest BCUT2D eigenvalue weighted by atomic mass is 9.81. The molecule has 2 aliphatic carbocycles. The molecule has 0 saturated heterocycles. The smallest absolute Gasteiger partial charge is 0.0321 e. The van der Waals surface area contributed by atoms with Gasteiger partial charge in [0.05, 0.1) is 0 Å². The molecule has 0 spiro atoms. The van der Waals surface area contributed by atoms with Gasteiger partial charge in [-0.3, -0.25) is 0 Å². The van der Waals surface area contributed by atoms with Gasteiger partial charge >= 0.3 is 0 Å². The molecule has 4 aromatic carbocycles. The topological polar surface area (TPSA) is 0 Å². The van der Waals surface area contributed by atoms with Crippen LogP contribution in [0.2, 0.25) is 0 Å². The molecule has 30 heavy (non-hydrogen) atoms. The minimum atomic E-state index is 0.0322. The fourth-order valence-corrected chi connectivity index (χ4v) is 5.98. The van der Waals surface area contributed by atoms with E-state index in [9.17, 15) is 0 Å². The van der Waals surface area contributed by atoms with Crippen LogP contribution in [-0.4, -0.2) is 0 Å². The van der Waals surface area contributed by atoms with Gasteiger partial charge in [-0.25, -0.2) is 0 Å². The second kappa shape index (κ2) is 6.85. The van der Waals surface area contributed by atoms with Crippen LogP contribution in [0.4, 0.5) is 0 Å². The fraction of sp³-hybridized carbons (Fsp3) is 0.133. The first kappa shape index (κ1) is 17.5. The van der Waals surface area contributed by atoms with Gasteiger partial charge in [0.1, 0.15) is 0 Å². The number of allylic oxidation sites excluding steroid dienone is 2. The Morgan fingerprint density at radius 3 is 1.60 bits per heavy atom. The van der Waals surface area contributed by atoms with Crippen LogP contribution in [0.3, 0.4) is 0 Å². The predicted octanol–water partition coefficient (Wildman–Crippen LogP) is 7.22. The zero-order valence-electron chi connectivity index (χ0n) is 16.9. The second-order valence-electron chi connectivity index (χ2n) is 8.53. The Labute approximate surface area is 178 Å². The largest absolute Gasteiger partial charge is 0.0719 e. The Kier molecular flexibility index (Phi) is 3.99. The van der Waals surface area contributed by atoms with Crippen LogP contribution in [0.25, 0.3) is 5.57 Å². The van der Waals surface area contributed by atoms with Crippen LogP contribution in [0.15, 0.2) is 127 Å². The molecule has 1 fully saturated rings. The Bertz CT molecular complexity index is 1180. The lowest BCUT2D eigenvalue weighted by Crippen LogP contribution is -2.12. The minimum absolute atomic E-state index is 0.0322. The zero-order chi connectivity index (χ0) is 20.0. The van der Waals surface area contributed by atoms with Gasteiger partial charge in [-0.2, -0.15) is 0 Å². The second-order valence-corrected chi connectivity index (χ2v) is 8.53. The SMILES string of the molecule is C1=C(c2ccccc2)[C@@]2(c3ccccc3)[C@@H]([C@@H]1c1ccccc1)[C@@H]2c1ccccc1. The van der Waals surface area contributed by atoms with Crippen LogP contribution in [0, 0.1) is 5.92 Å². The maximum atomic E-state index is 2.56. The van der Waals surface area contributed by atoms with E-state index in [2.05, 4.69) is 127 Å². The van der Waals surface area contributed by atoms with Crippen molar-refractivity contribution in [2.24, 2.45) is 5.92 Å². The summed E-state index contributed by atoms with van der Waals surface area (Å²) in [4.78, 5) is 0. The van der Waals surface area contributed by atoms with Crippen LogP contribution >= 0.6 is 0 Å². The molecule has 4 aromatic rings. The number of hydrogen-bond donors (Lipinski definition) is 0. The van der Waals surface area contributed by atoms with E-state index in [0.717, 1.165) is 0 Å². The predicted molar refractivity (Wildman–Crippen MR) is 124 cm³/mol. The van der Waals surface area contributed by atoms with Crippen molar-refractivity contribution < 1.29 is 0 Å². The average Bonchev–Trinajstić information content (AvgIpc) is 3.40. The third-order valence-electron chi connectivity index (χ3n) is 7.12. The van der Waals surface area contributed by atoms with Crippen LogP contribution in [0.1, 0.15) is 34.1 Å². The van der Waals surface area contributed by atoms with E-state index >= 15 is 0 Å². The van der Waals surface area contributed by atoms with Crippen LogP contribution < -0.4 is 0 Å². The van der Waals surface area contributed by atoms with Gasteiger partial charge in [0.25, 0.3) is 0 Å². The third kappa shape index (κ3) is 2.47. The number of benzene rings is 4. The van der Waals surface area contributed by atoms with Crippen molar-refractivity contribution in [3.8, 4) is 0 Å². The van der Waals surface area contributed by atoms with E-state index in [4.69, 9.17) is 0 Å². The van der Waals surface area contributed by atoms with E-state index in [0.29, 0.717) is 17.8 Å². The van der Waals surface area contributed by atoms with Crippen molar-refractivity contribution in [3.63, 3.8) is 0 Å². The third-order valence-corrected chi connectivity index (χ3v) is 7.12. The summed E-state index contributed by atoms with van der Waals surface area (Å²) >= 11 is 0. The summed E-state index contributed by atoms with van der Waals surface area (Å²) < 4.78 is 0. The highest BCUT2D eigenvalue weighted by molar-refractivity contribution is 5.87. The van der Waals surface area contributed by atoms with Crippen molar-refractivity contribution in [1.82, 2.24) is 0 Å². The molecule has 0 nitrogen and oxygen atoms in total. The summed E-state index contributed by atoms with van der Waals surface area (Å²) in [5.41, 5.74) is 7.19. The number of rotatable bonds is 4. The summed E-state index contributed by atoms with van der Waals surface area (Å²) in [7, 11) is 0. The molecule has 6 rings (SSSR count). The summed E-state index contributed by atoms with van der Waals surface area (Å²) in [6.45, 7) is 0. The molecule has 0 heterocycles. The Balaban J connectivity index is 1.60. The van der Waals surface area contributed by atoms with Gasteiger partial charge < -0.3 is 0 Å². The molecule has 0 N–H and O–H groups in total. The van der Waals surface area contributed by atoms with E-state index < -0.39 is 0 Å². The van der Waals surface area contributed by atoms with Gasteiger partial charge in [0.15, 0.2) is 0 Å². The quantitative estimate of drug-likeness (QED) is 0.348.